The predicted molar refractivity (Wildman–Crippen MR) is 99.1 cm³/mol. The van der Waals surface area contributed by atoms with E-state index in [0.717, 1.165) is 17.8 Å². The average Bonchev–Trinajstić information content (AvgIpc) is 3.08. The molecule has 1 saturated heterocycles. The molecule has 1 atom stereocenters. The first-order valence-corrected chi connectivity index (χ1v) is 10.6. The highest BCUT2D eigenvalue weighted by Gasteiger charge is 2.32. The molecular weight excluding hydrogens is 358 g/mol. The van der Waals surface area contributed by atoms with Crippen molar-refractivity contribution in [3.05, 3.63) is 34.1 Å². The maximum atomic E-state index is 11.7. The molecule has 1 aromatic carbocycles. The highest BCUT2D eigenvalue weighted by molar-refractivity contribution is 7.91. The van der Waals surface area contributed by atoms with Gasteiger partial charge in [-0.15, -0.1) is 0 Å². The monoisotopic (exact) mass is 381 g/mol. The summed E-state index contributed by atoms with van der Waals surface area (Å²) in [7, 11) is -2.92. The van der Waals surface area contributed by atoms with Crippen molar-refractivity contribution >= 4 is 22.1 Å². The second kappa shape index (κ2) is 6.97. The van der Waals surface area contributed by atoms with E-state index in [2.05, 4.69) is 21.4 Å². The van der Waals surface area contributed by atoms with Crippen LogP contribution in [-0.4, -0.2) is 57.2 Å². The molecule has 0 spiro atoms. The van der Waals surface area contributed by atoms with E-state index in [-0.39, 0.29) is 17.5 Å². The standard InChI is InChI=1S/C16H23N5O2S2/c1-4-19(14-7-8-25(22,23)10-14)11-20-16(24)21(18-17-20)15-6-5-12(2)9-13(15)3/h5-6,9,14H,4,7-8,10-11H2,1-3H3/t14-/m1/s1. The lowest BCUT2D eigenvalue weighted by Crippen LogP contribution is -2.37. The number of nitrogens with zero attached hydrogens (tertiary/aromatic N) is 5. The van der Waals surface area contributed by atoms with Gasteiger partial charge in [-0.3, -0.25) is 4.90 Å². The molecular formula is C16H23N5O2S2. The summed E-state index contributed by atoms with van der Waals surface area (Å²) in [6, 6.07) is 6.10. The molecule has 0 amide bonds. The summed E-state index contributed by atoms with van der Waals surface area (Å²) >= 11 is 5.54. The number of aryl methyl sites for hydroxylation is 2. The van der Waals surface area contributed by atoms with E-state index in [4.69, 9.17) is 12.2 Å². The van der Waals surface area contributed by atoms with Crippen LogP contribution in [-0.2, 0) is 16.5 Å². The first kappa shape index (κ1) is 18.2. The number of hydrogen-bond donors (Lipinski definition) is 0. The Bertz CT molecular complexity index is 932. The van der Waals surface area contributed by atoms with Gasteiger partial charge >= 0.3 is 0 Å². The van der Waals surface area contributed by atoms with Crippen LogP contribution in [0.1, 0.15) is 24.5 Å². The van der Waals surface area contributed by atoms with Crippen LogP contribution in [0.3, 0.4) is 0 Å². The van der Waals surface area contributed by atoms with E-state index in [1.807, 2.05) is 32.9 Å². The minimum atomic E-state index is -2.92. The third-order valence-corrected chi connectivity index (χ3v) is 6.80. The predicted octanol–water partition coefficient (Wildman–Crippen LogP) is 1.88. The van der Waals surface area contributed by atoms with Crippen molar-refractivity contribution in [3.8, 4) is 5.69 Å². The van der Waals surface area contributed by atoms with E-state index in [1.165, 1.54) is 5.56 Å². The van der Waals surface area contributed by atoms with Crippen molar-refractivity contribution in [3.63, 3.8) is 0 Å². The molecule has 0 radical (unpaired) electrons. The van der Waals surface area contributed by atoms with Crippen LogP contribution in [0.25, 0.3) is 5.69 Å². The smallest absolute Gasteiger partial charge is 0.221 e. The normalized spacial score (nSPS) is 19.6. The zero-order valence-electron chi connectivity index (χ0n) is 14.7. The molecule has 1 aliphatic rings. The second-order valence-corrected chi connectivity index (χ2v) is 9.16. The van der Waals surface area contributed by atoms with Crippen LogP contribution < -0.4 is 0 Å². The van der Waals surface area contributed by atoms with Gasteiger partial charge in [-0.2, -0.15) is 4.68 Å². The minimum Gasteiger partial charge on any atom is -0.280 e. The Labute approximate surface area is 153 Å². The summed E-state index contributed by atoms with van der Waals surface area (Å²) < 4.78 is 27.3. The minimum absolute atomic E-state index is 0.0168. The van der Waals surface area contributed by atoms with Crippen LogP contribution >= 0.6 is 12.2 Å². The molecule has 1 aromatic heterocycles. The summed E-state index contributed by atoms with van der Waals surface area (Å²) in [6.07, 6.45) is 0.661. The Morgan fingerprint density at radius 2 is 2.08 bits per heavy atom. The summed E-state index contributed by atoms with van der Waals surface area (Å²) in [4.78, 5) is 2.10. The zero-order chi connectivity index (χ0) is 18.2. The molecule has 25 heavy (non-hydrogen) atoms. The molecule has 0 N–H and O–H groups in total. The van der Waals surface area contributed by atoms with Crippen LogP contribution in [0.4, 0.5) is 0 Å². The third-order valence-electron chi connectivity index (χ3n) is 4.67. The van der Waals surface area contributed by atoms with Crippen molar-refractivity contribution in [1.29, 1.82) is 0 Å². The largest absolute Gasteiger partial charge is 0.280 e. The summed E-state index contributed by atoms with van der Waals surface area (Å²) in [6.45, 7) is 7.26. The van der Waals surface area contributed by atoms with Gasteiger partial charge in [0.25, 0.3) is 0 Å². The Morgan fingerprint density at radius 1 is 1.32 bits per heavy atom. The first-order valence-electron chi connectivity index (χ1n) is 8.35. The molecule has 0 aliphatic carbocycles. The molecule has 9 heteroatoms. The molecule has 2 heterocycles. The number of tetrazole rings is 1. The third kappa shape index (κ3) is 3.83. The van der Waals surface area contributed by atoms with Gasteiger partial charge in [-0.1, -0.05) is 24.6 Å². The second-order valence-electron chi connectivity index (χ2n) is 6.57. The SMILES string of the molecule is CCN(Cn1nnn(-c2ccc(C)cc2C)c1=S)[C@@H]1CCS(=O)(=O)C1. The van der Waals surface area contributed by atoms with Crippen LogP contribution in [0.5, 0.6) is 0 Å². The number of benzene rings is 1. The van der Waals surface area contributed by atoms with Crippen molar-refractivity contribution in [2.45, 2.75) is 39.9 Å². The fourth-order valence-electron chi connectivity index (χ4n) is 3.27. The number of sulfone groups is 1. The van der Waals surface area contributed by atoms with Gasteiger partial charge in [-0.25, -0.2) is 13.1 Å². The van der Waals surface area contributed by atoms with Gasteiger partial charge in [0.15, 0.2) is 9.84 Å². The lowest BCUT2D eigenvalue weighted by molar-refractivity contribution is 0.162. The van der Waals surface area contributed by atoms with Gasteiger partial charge in [0.2, 0.25) is 4.77 Å². The van der Waals surface area contributed by atoms with Gasteiger partial charge in [0, 0.05) is 6.04 Å². The first-order chi connectivity index (χ1) is 11.8. The van der Waals surface area contributed by atoms with Crippen molar-refractivity contribution in [1.82, 2.24) is 24.7 Å². The molecule has 0 unspecified atom stereocenters. The fraction of sp³-hybridized carbons (Fsp3) is 0.562. The molecule has 2 aromatic rings. The molecule has 3 rings (SSSR count). The van der Waals surface area contributed by atoms with Crippen LogP contribution in [0, 0.1) is 18.6 Å². The quantitative estimate of drug-likeness (QED) is 0.737. The van der Waals surface area contributed by atoms with Gasteiger partial charge < -0.3 is 0 Å². The van der Waals surface area contributed by atoms with Crippen molar-refractivity contribution < 1.29 is 8.42 Å². The van der Waals surface area contributed by atoms with E-state index >= 15 is 0 Å². The zero-order valence-corrected chi connectivity index (χ0v) is 16.3. The van der Waals surface area contributed by atoms with E-state index in [1.54, 1.807) is 9.36 Å². The molecule has 0 saturated carbocycles. The molecule has 1 fully saturated rings. The number of hydrogen-bond acceptors (Lipinski definition) is 6. The van der Waals surface area contributed by atoms with E-state index in [0.29, 0.717) is 17.9 Å². The fourth-order valence-corrected chi connectivity index (χ4v) is 5.26. The van der Waals surface area contributed by atoms with Crippen molar-refractivity contribution in [2.75, 3.05) is 18.1 Å². The maximum absolute atomic E-state index is 11.7. The molecule has 7 nitrogen and oxygen atoms in total. The van der Waals surface area contributed by atoms with Gasteiger partial charge in [0.1, 0.15) is 0 Å². The highest BCUT2D eigenvalue weighted by atomic mass is 32.2. The summed E-state index contributed by atoms with van der Waals surface area (Å²) in [5.41, 5.74) is 3.17. The lowest BCUT2D eigenvalue weighted by Gasteiger charge is -2.25. The van der Waals surface area contributed by atoms with Gasteiger partial charge in [-0.05, 0) is 61.1 Å². The Kier molecular flexibility index (Phi) is 5.08. The van der Waals surface area contributed by atoms with Crippen LogP contribution in [0.15, 0.2) is 18.2 Å². The molecule has 0 bridgehead atoms. The lowest BCUT2D eigenvalue weighted by atomic mass is 10.1. The number of rotatable bonds is 5. The average molecular weight is 382 g/mol. The Morgan fingerprint density at radius 3 is 2.68 bits per heavy atom. The summed E-state index contributed by atoms with van der Waals surface area (Å²) in [5, 5.41) is 8.39. The maximum Gasteiger partial charge on any atom is 0.221 e. The Hall–Kier alpha value is -1.58. The molecule has 136 valence electrons. The van der Waals surface area contributed by atoms with E-state index < -0.39 is 9.84 Å². The molecule has 1 aliphatic heterocycles. The van der Waals surface area contributed by atoms with E-state index in [9.17, 15) is 8.42 Å². The number of aromatic nitrogens is 4. The van der Waals surface area contributed by atoms with Crippen LogP contribution in [0.2, 0.25) is 0 Å². The highest BCUT2D eigenvalue weighted by Crippen LogP contribution is 2.19. The Balaban J connectivity index is 1.84. The summed E-state index contributed by atoms with van der Waals surface area (Å²) in [5.74, 6) is 0.466. The van der Waals surface area contributed by atoms with Gasteiger partial charge in [0.05, 0.1) is 23.9 Å². The topological polar surface area (TPSA) is 73.0 Å². The van der Waals surface area contributed by atoms with Crippen molar-refractivity contribution in [2.24, 2.45) is 0 Å².